The predicted octanol–water partition coefficient (Wildman–Crippen LogP) is 3.70. The molecule has 2 aliphatic carbocycles. The fourth-order valence-electron chi connectivity index (χ4n) is 6.92. The number of hydrogen-bond acceptors (Lipinski definition) is 5. The summed E-state index contributed by atoms with van der Waals surface area (Å²) < 4.78 is 45.2. The normalized spacial score (nSPS) is 25.6. The smallest absolute Gasteiger partial charge is 0.331 e. The summed E-state index contributed by atoms with van der Waals surface area (Å²) in [7, 11) is 6.80. The molecule has 3 aliphatic rings. The molecule has 2 aromatic heterocycles. The number of pyridine rings is 1. The zero-order valence-electron chi connectivity index (χ0n) is 23.2. The van der Waals surface area contributed by atoms with Crippen LogP contribution in [0.5, 0.6) is 0 Å². The highest BCUT2D eigenvalue weighted by molar-refractivity contribution is 5.73. The van der Waals surface area contributed by atoms with E-state index in [9.17, 15) is 22.8 Å². The summed E-state index contributed by atoms with van der Waals surface area (Å²) in [5, 5.41) is 0. The predicted molar refractivity (Wildman–Crippen MR) is 142 cm³/mol. The van der Waals surface area contributed by atoms with Crippen LogP contribution < -0.4 is 16.5 Å². The first-order chi connectivity index (χ1) is 18.5. The molecule has 12 heteroatoms. The monoisotopic (exact) mass is 551 g/mol. The topological polar surface area (TPSA) is 77.3 Å². The summed E-state index contributed by atoms with van der Waals surface area (Å²) in [4.78, 5) is 30.9. The third-order valence-electron chi connectivity index (χ3n) is 9.02. The van der Waals surface area contributed by atoms with Crippen LogP contribution in [0.3, 0.4) is 0 Å². The molecule has 2 amide bonds. The lowest BCUT2D eigenvalue weighted by atomic mass is 9.65. The Kier molecular flexibility index (Phi) is 7.73. The Hall–Kier alpha value is -2.57. The number of rotatable bonds is 6. The van der Waals surface area contributed by atoms with Gasteiger partial charge in [-0.15, -0.1) is 0 Å². The second-order valence-corrected chi connectivity index (χ2v) is 11.9. The molecule has 39 heavy (non-hydrogen) atoms. The third kappa shape index (κ3) is 5.43. The number of nitrogens with one attached hydrogen (secondary N) is 2. The minimum Gasteiger partial charge on any atom is -0.331 e. The summed E-state index contributed by atoms with van der Waals surface area (Å²) in [6.07, 6.45) is 5.62. The minimum absolute atomic E-state index is 0.0435. The molecular formula is C27H40F3N7O2. The van der Waals surface area contributed by atoms with Gasteiger partial charge in [0.15, 0.2) is 0 Å². The van der Waals surface area contributed by atoms with Gasteiger partial charge in [0.05, 0.1) is 23.9 Å². The Morgan fingerprint density at radius 3 is 2.38 bits per heavy atom. The summed E-state index contributed by atoms with van der Waals surface area (Å²) in [5.74, 6) is 1.43. The maximum atomic E-state index is 14.2. The van der Waals surface area contributed by atoms with Crippen molar-refractivity contribution in [2.24, 2.45) is 17.8 Å². The van der Waals surface area contributed by atoms with E-state index in [0.717, 1.165) is 42.8 Å². The Labute approximate surface area is 226 Å². The Balaban J connectivity index is 1.47. The van der Waals surface area contributed by atoms with Gasteiger partial charge in [-0.3, -0.25) is 13.9 Å². The molecule has 3 unspecified atom stereocenters. The fraction of sp³-hybridized carbons (Fsp3) is 0.704. The zero-order chi connectivity index (χ0) is 28.1. The molecule has 2 saturated carbocycles. The number of nitrogens with zero attached hydrogens (tertiary/aromatic N) is 5. The van der Waals surface area contributed by atoms with Crippen molar-refractivity contribution in [1.29, 1.82) is 0 Å². The third-order valence-corrected chi connectivity index (χ3v) is 9.02. The number of hydrazine groups is 1. The zero-order valence-corrected chi connectivity index (χ0v) is 23.2. The summed E-state index contributed by atoms with van der Waals surface area (Å²) in [6, 6.07) is 0.574. The molecule has 0 bridgehead atoms. The van der Waals surface area contributed by atoms with Gasteiger partial charge in [-0.25, -0.2) is 20.4 Å². The van der Waals surface area contributed by atoms with Crippen molar-refractivity contribution < 1.29 is 18.0 Å². The van der Waals surface area contributed by atoms with Crippen molar-refractivity contribution in [1.82, 2.24) is 34.5 Å². The molecule has 2 aromatic rings. The molecule has 216 valence electrons. The lowest BCUT2D eigenvalue weighted by Crippen LogP contribution is -2.50. The van der Waals surface area contributed by atoms with E-state index in [-0.39, 0.29) is 35.9 Å². The number of carbonyl (C=O) groups excluding carboxylic acids is 1. The number of alkyl halides is 3. The van der Waals surface area contributed by atoms with Gasteiger partial charge in [0.1, 0.15) is 0 Å². The standard InChI is InChI=1S/C27H40F3N7O2/c1-33(2)25(38)34(3)13-17-11-21(27(28,29)30)22-15-36(26(39)37(22)14-17)20-10-6-9-19(12-20)23(18-7-5-8-18)24-32-31-16-35(24)4/h11,14-15,18-20,23-24,31-32H,5-10,12-13,16H2,1-4H3/t19?,20?,23-,24?/m1/s1. The van der Waals surface area contributed by atoms with Gasteiger partial charge in [-0.1, -0.05) is 25.7 Å². The van der Waals surface area contributed by atoms with Crippen molar-refractivity contribution in [2.45, 2.75) is 69.9 Å². The van der Waals surface area contributed by atoms with E-state index in [1.165, 1.54) is 53.1 Å². The second kappa shape index (κ2) is 10.8. The van der Waals surface area contributed by atoms with Crippen molar-refractivity contribution in [3.63, 3.8) is 0 Å². The Bertz CT molecular complexity index is 1250. The van der Waals surface area contributed by atoms with E-state index >= 15 is 0 Å². The highest BCUT2D eigenvalue weighted by atomic mass is 19.4. The van der Waals surface area contributed by atoms with Crippen LogP contribution in [-0.4, -0.2) is 70.7 Å². The van der Waals surface area contributed by atoms with Crippen LogP contribution in [0.15, 0.2) is 23.3 Å². The second-order valence-electron chi connectivity index (χ2n) is 11.9. The number of amides is 2. The van der Waals surface area contributed by atoms with E-state index in [2.05, 4.69) is 22.8 Å². The lowest BCUT2D eigenvalue weighted by Gasteiger charge is -2.46. The molecular weight excluding hydrogens is 511 g/mol. The van der Waals surface area contributed by atoms with Gasteiger partial charge in [0.25, 0.3) is 0 Å². The van der Waals surface area contributed by atoms with Gasteiger partial charge in [0.2, 0.25) is 0 Å². The molecule has 9 nitrogen and oxygen atoms in total. The molecule has 2 N–H and O–H groups in total. The molecule has 0 radical (unpaired) electrons. The van der Waals surface area contributed by atoms with Gasteiger partial charge in [-0.05, 0) is 55.7 Å². The molecule has 4 atom stereocenters. The molecule has 3 heterocycles. The Morgan fingerprint density at radius 2 is 1.79 bits per heavy atom. The first kappa shape index (κ1) is 28.0. The highest BCUT2D eigenvalue weighted by Crippen LogP contribution is 2.46. The number of imidazole rings is 1. The van der Waals surface area contributed by atoms with Crippen LogP contribution in [-0.2, 0) is 12.7 Å². The van der Waals surface area contributed by atoms with Gasteiger partial charge in [0, 0.05) is 46.1 Å². The molecule has 1 aliphatic heterocycles. The van der Waals surface area contributed by atoms with Crippen LogP contribution >= 0.6 is 0 Å². The molecule has 3 fully saturated rings. The SMILES string of the molecule is CN(C)C(=O)N(C)Cc1cc(C(F)(F)F)c2cn(C3CCCC([C@@H](C4CCC4)C4NNCN4C)C3)c(=O)n2c1. The van der Waals surface area contributed by atoms with Gasteiger partial charge in [-0.2, -0.15) is 13.2 Å². The van der Waals surface area contributed by atoms with E-state index in [1.54, 1.807) is 14.1 Å². The highest BCUT2D eigenvalue weighted by Gasteiger charge is 2.44. The van der Waals surface area contributed by atoms with E-state index < -0.39 is 17.4 Å². The van der Waals surface area contributed by atoms with Crippen molar-refractivity contribution >= 4 is 11.5 Å². The van der Waals surface area contributed by atoms with Crippen LogP contribution in [0.4, 0.5) is 18.0 Å². The van der Waals surface area contributed by atoms with Crippen molar-refractivity contribution in [3.05, 3.63) is 40.1 Å². The summed E-state index contributed by atoms with van der Waals surface area (Å²) in [5.41, 5.74) is 5.50. The van der Waals surface area contributed by atoms with E-state index in [4.69, 9.17) is 0 Å². The molecule has 5 rings (SSSR count). The van der Waals surface area contributed by atoms with Crippen LogP contribution in [0.1, 0.15) is 62.1 Å². The van der Waals surface area contributed by atoms with Crippen LogP contribution in [0.2, 0.25) is 0 Å². The van der Waals surface area contributed by atoms with E-state index in [1.807, 2.05) is 0 Å². The first-order valence-corrected chi connectivity index (χ1v) is 13.9. The number of halogens is 3. The summed E-state index contributed by atoms with van der Waals surface area (Å²) in [6.45, 7) is 0.727. The largest absolute Gasteiger partial charge is 0.418 e. The van der Waals surface area contributed by atoms with Crippen molar-refractivity contribution in [3.8, 4) is 0 Å². The fourth-order valence-corrected chi connectivity index (χ4v) is 6.92. The average Bonchev–Trinajstić information content (AvgIpc) is 3.42. The van der Waals surface area contributed by atoms with Crippen LogP contribution in [0, 0.1) is 17.8 Å². The molecule has 0 spiro atoms. The minimum atomic E-state index is -4.64. The molecule has 1 saturated heterocycles. The maximum absolute atomic E-state index is 14.2. The lowest BCUT2D eigenvalue weighted by molar-refractivity contribution is -0.136. The molecule has 0 aromatic carbocycles. The van der Waals surface area contributed by atoms with Gasteiger partial charge < -0.3 is 9.80 Å². The van der Waals surface area contributed by atoms with Crippen LogP contribution in [0.25, 0.3) is 5.52 Å². The average molecular weight is 552 g/mol. The number of aromatic nitrogens is 2. The summed E-state index contributed by atoms with van der Waals surface area (Å²) >= 11 is 0. The number of fused-ring (bicyclic) bond motifs is 1. The van der Waals surface area contributed by atoms with Crippen molar-refractivity contribution in [2.75, 3.05) is 34.9 Å². The first-order valence-electron chi connectivity index (χ1n) is 13.9. The number of hydrogen-bond donors (Lipinski definition) is 2. The van der Waals surface area contributed by atoms with E-state index in [0.29, 0.717) is 17.8 Å². The maximum Gasteiger partial charge on any atom is 0.418 e. The quantitative estimate of drug-likeness (QED) is 0.573. The number of urea groups is 1. The number of carbonyl (C=O) groups is 1. The Morgan fingerprint density at radius 1 is 1.10 bits per heavy atom. The van der Waals surface area contributed by atoms with Gasteiger partial charge >= 0.3 is 17.9 Å².